The summed E-state index contributed by atoms with van der Waals surface area (Å²) in [5.41, 5.74) is 1.51. The first-order valence-corrected chi connectivity index (χ1v) is 8.81. The van der Waals surface area contributed by atoms with Crippen LogP contribution in [0.25, 0.3) is 32.9 Å². The van der Waals surface area contributed by atoms with E-state index in [2.05, 4.69) is 15.3 Å². The summed E-state index contributed by atoms with van der Waals surface area (Å²) < 4.78 is 7.34. The number of nitrogens with zero attached hydrogens (tertiary/aromatic N) is 3. The normalized spacial score (nSPS) is 11.2. The number of aryl methyl sites for hydroxylation is 1. The van der Waals surface area contributed by atoms with Crippen LogP contribution < -0.4 is 5.32 Å². The van der Waals surface area contributed by atoms with Gasteiger partial charge in [-0.25, -0.2) is 9.97 Å². The molecule has 5 aromatic rings. The molecule has 6 nitrogen and oxygen atoms in total. The van der Waals surface area contributed by atoms with Gasteiger partial charge in [0.2, 0.25) is 0 Å². The van der Waals surface area contributed by atoms with Crippen LogP contribution >= 0.6 is 0 Å². The summed E-state index contributed by atoms with van der Waals surface area (Å²) in [7, 11) is 1.96. The Hall–Kier alpha value is -3.93. The molecule has 0 saturated heterocycles. The van der Waals surface area contributed by atoms with Gasteiger partial charge in [-0.05, 0) is 35.0 Å². The van der Waals surface area contributed by atoms with Crippen LogP contribution in [-0.4, -0.2) is 20.4 Å². The van der Waals surface area contributed by atoms with E-state index in [1.54, 1.807) is 12.4 Å². The summed E-state index contributed by atoms with van der Waals surface area (Å²) in [6.45, 7) is 0. The Kier molecular flexibility index (Phi) is 3.69. The number of rotatable bonds is 3. The van der Waals surface area contributed by atoms with Gasteiger partial charge in [0.15, 0.2) is 12.2 Å². The maximum atomic E-state index is 12.7. The maximum Gasteiger partial charge on any atom is 0.256 e. The minimum Gasteiger partial charge on any atom is -0.444 e. The van der Waals surface area contributed by atoms with Crippen molar-refractivity contribution >= 4 is 33.3 Å². The second kappa shape index (κ2) is 6.35. The molecule has 5 rings (SSSR count). The Morgan fingerprint density at radius 2 is 1.82 bits per heavy atom. The number of oxazole rings is 1. The van der Waals surface area contributed by atoms with Crippen LogP contribution in [0.2, 0.25) is 0 Å². The molecule has 0 radical (unpaired) electrons. The summed E-state index contributed by atoms with van der Waals surface area (Å²) in [6.07, 6.45) is 8.83. The smallest absolute Gasteiger partial charge is 0.256 e. The van der Waals surface area contributed by atoms with E-state index < -0.39 is 0 Å². The zero-order chi connectivity index (χ0) is 19.1. The van der Waals surface area contributed by atoms with Gasteiger partial charge in [-0.3, -0.25) is 4.79 Å². The van der Waals surface area contributed by atoms with Gasteiger partial charge in [-0.2, -0.15) is 0 Å². The Balaban J connectivity index is 1.45. The van der Waals surface area contributed by atoms with E-state index in [0.29, 0.717) is 17.1 Å². The van der Waals surface area contributed by atoms with E-state index in [1.807, 2.05) is 66.5 Å². The average molecular weight is 368 g/mol. The van der Waals surface area contributed by atoms with Crippen LogP contribution in [-0.2, 0) is 7.05 Å². The van der Waals surface area contributed by atoms with Gasteiger partial charge in [-0.15, -0.1) is 0 Å². The van der Waals surface area contributed by atoms with Crippen LogP contribution in [0.3, 0.4) is 0 Å². The quantitative estimate of drug-likeness (QED) is 0.504. The first kappa shape index (κ1) is 16.3. The van der Waals surface area contributed by atoms with Crippen molar-refractivity contribution in [1.29, 1.82) is 0 Å². The molecule has 0 aliphatic rings. The van der Waals surface area contributed by atoms with E-state index in [0.717, 1.165) is 27.1 Å². The van der Waals surface area contributed by atoms with Crippen molar-refractivity contribution in [2.75, 3.05) is 5.32 Å². The number of fused-ring (bicyclic) bond motifs is 2. The highest BCUT2D eigenvalue weighted by atomic mass is 16.3. The maximum absolute atomic E-state index is 12.7. The van der Waals surface area contributed by atoms with Crippen molar-refractivity contribution in [3.63, 3.8) is 0 Å². The fourth-order valence-electron chi connectivity index (χ4n) is 3.33. The predicted molar refractivity (Wildman–Crippen MR) is 108 cm³/mol. The van der Waals surface area contributed by atoms with Crippen LogP contribution in [0, 0.1) is 0 Å². The Labute approximate surface area is 160 Å². The second-order valence-corrected chi connectivity index (χ2v) is 6.72. The topological polar surface area (TPSA) is 73.0 Å². The fourth-order valence-corrected chi connectivity index (χ4v) is 3.33. The highest BCUT2D eigenvalue weighted by Gasteiger charge is 2.10. The minimum absolute atomic E-state index is 0.191. The van der Waals surface area contributed by atoms with Gasteiger partial charge in [0.25, 0.3) is 5.91 Å². The van der Waals surface area contributed by atoms with Crippen molar-refractivity contribution in [1.82, 2.24) is 14.5 Å². The van der Waals surface area contributed by atoms with Crippen molar-refractivity contribution in [2.45, 2.75) is 0 Å². The zero-order valence-electron chi connectivity index (χ0n) is 15.1. The van der Waals surface area contributed by atoms with E-state index in [-0.39, 0.29) is 5.91 Å². The Bertz CT molecular complexity index is 1320. The molecule has 0 fully saturated rings. The zero-order valence-corrected chi connectivity index (χ0v) is 15.1. The molecule has 28 heavy (non-hydrogen) atoms. The molecule has 136 valence electrons. The van der Waals surface area contributed by atoms with Gasteiger partial charge >= 0.3 is 0 Å². The minimum atomic E-state index is -0.191. The molecule has 0 aliphatic heterocycles. The summed E-state index contributed by atoms with van der Waals surface area (Å²) >= 11 is 0. The number of benzene rings is 2. The van der Waals surface area contributed by atoms with Crippen molar-refractivity contribution in [3.8, 4) is 11.3 Å². The molecule has 0 unspecified atom stereocenters. The van der Waals surface area contributed by atoms with Gasteiger partial charge in [0.05, 0.1) is 6.20 Å². The van der Waals surface area contributed by atoms with Crippen molar-refractivity contribution in [3.05, 3.63) is 79.2 Å². The van der Waals surface area contributed by atoms with Gasteiger partial charge in [-0.1, -0.05) is 18.2 Å². The molecule has 1 N–H and O–H groups in total. The summed E-state index contributed by atoms with van der Waals surface area (Å²) in [5, 5.41) is 6.94. The molecule has 1 amide bonds. The molecule has 0 saturated carbocycles. The molecule has 3 aromatic heterocycles. The molecule has 0 bridgehead atoms. The van der Waals surface area contributed by atoms with E-state index in [4.69, 9.17) is 4.42 Å². The van der Waals surface area contributed by atoms with E-state index >= 15 is 0 Å². The highest BCUT2D eigenvalue weighted by molar-refractivity contribution is 6.06. The molecule has 6 heteroatoms. The summed E-state index contributed by atoms with van der Waals surface area (Å²) in [6, 6.07) is 13.4. The monoisotopic (exact) mass is 368 g/mol. The molecular formula is C22H16N4O2. The number of hydrogen-bond acceptors (Lipinski definition) is 4. The fraction of sp³-hybridized carbons (Fsp3) is 0.0455. The highest BCUT2D eigenvalue weighted by Crippen LogP contribution is 2.25. The lowest BCUT2D eigenvalue weighted by Gasteiger charge is -2.07. The van der Waals surface area contributed by atoms with Gasteiger partial charge < -0.3 is 14.3 Å². The molecule has 0 aliphatic carbocycles. The lowest BCUT2D eigenvalue weighted by molar-refractivity contribution is 0.102. The summed E-state index contributed by atoms with van der Waals surface area (Å²) in [5.74, 6) is 1.00. The van der Waals surface area contributed by atoms with Crippen LogP contribution in [0.4, 0.5) is 5.82 Å². The van der Waals surface area contributed by atoms with Crippen molar-refractivity contribution in [2.24, 2.45) is 7.05 Å². The first-order chi connectivity index (χ1) is 13.7. The van der Waals surface area contributed by atoms with Gasteiger partial charge in [0.1, 0.15) is 5.82 Å². The SMILES string of the molecule is Cn1cc2ccc(C(=O)Nc3cc4cc(-c5cnco5)ccc4cn3)cc2c1. The third-order valence-electron chi connectivity index (χ3n) is 4.71. The lowest BCUT2D eigenvalue weighted by atomic mass is 10.1. The molecule has 0 atom stereocenters. The molecule has 3 heterocycles. The number of anilines is 1. The standard InChI is InChI=1S/C22H16N4O2/c1-26-11-17-5-3-15(7-19(17)12-26)22(27)25-21-8-18-6-14(20-10-23-13-28-20)2-4-16(18)9-24-21/h2-13H,1H3,(H,24,25,27). The first-order valence-electron chi connectivity index (χ1n) is 8.81. The second-order valence-electron chi connectivity index (χ2n) is 6.72. The third-order valence-corrected chi connectivity index (χ3v) is 4.71. The summed E-state index contributed by atoms with van der Waals surface area (Å²) in [4.78, 5) is 21.0. The molecule has 2 aromatic carbocycles. The lowest BCUT2D eigenvalue weighted by Crippen LogP contribution is -2.12. The van der Waals surface area contributed by atoms with Gasteiger partial charge in [0, 0.05) is 47.5 Å². The van der Waals surface area contributed by atoms with Crippen LogP contribution in [0.1, 0.15) is 10.4 Å². The third kappa shape index (κ3) is 2.91. The Morgan fingerprint density at radius 3 is 2.68 bits per heavy atom. The number of carbonyl (C=O) groups is 1. The van der Waals surface area contributed by atoms with E-state index in [9.17, 15) is 4.79 Å². The molecular weight excluding hydrogens is 352 g/mol. The van der Waals surface area contributed by atoms with Crippen LogP contribution in [0.5, 0.6) is 0 Å². The van der Waals surface area contributed by atoms with Crippen molar-refractivity contribution < 1.29 is 9.21 Å². The molecule has 0 spiro atoms. The number of pyridine rings is 1. The average Bonchev–Trinajstić information content (AvgIpc) is 3.35. The number of amides is 1. The largest absolute Gasteiger partial charge is 0.444 e. The number of carbonyl (C=O) groups excluding carboxylic acids is 1. The van der Waals surface area contributed by atoms with E-state index in [1.165, 1.54) is 6.39 Å². The van der Waals surface area contributed by atoms with Crippen LogP contribution in [0.15, 0.2) is 78.1 Å². The predicted octanol–water partition coefficient (Wildman–Crippen LogP) is 4.63. The number of nitrogens with one attached hydrogen (secondary N) is 1. The Morgan fingerprint density at radius 1 is 0.964 bits per heavy atom. The number of aromatic nitrogens is 3. The number of hydrogen-bond donors (Lipinski definition) is 1.